The molecule has 0 saturated heterocycles. The minimum absolute atomic E-state index is 0.257. The summed E-state index contributed by atoms with van der Waals surface area (Å²) >= 11 is 0. The quantitative estimate of drug-likeness (QED) is 0.454. The fraction of sp³-hybridized carbons (Fsp3) is 0.120. The molecule has 0 unspecified atom stereocenters. The van der Waals surface area contributed by atoms with Crippen molar-refractivity contribution in [3.8, 4) is 23.7 Å². The van der Waals surface area contributed by atoms with Crippen LogP contribution in [-0.4, -0.2) is 0 Å². The zero-order valence-electron chi connectivity index (χ0n) is 15.5. The highest BCUT2D eigenvalue weighted by atomic mass is 19.1. The second kappa shape index (κ2) is 7.90. The first-order chi connectivity index (χ1) is 12.9. The van der Waals surface area contributed by atoms with Crippen molar-refractivity contribution >= 4 is 0 Å². The maximum atomic E-state index is 13.9. The van der Waals surface area contributed by atoms with E-state index in [4.69, 9.17) is 0 Å². The maximum absolute atomic E-state index is 13.9. The average Bonchev–Trinajstić information content (AvgIpc) is 2.63. The maximum Gasteiger partial charge on any atom is 0.139 e. The Morgan fingerprint density at radius 3 is 1.85 bits per heavy atom. The van der Waals surface area contributed by atoms with E-state index in [1.54, 1.807) is 25.1 Å². The molecule has 0 aromatic heterocycles. The third-order valence-corrected chi connectivity index (χ3v) is 4.21. The summed E-state index contributed by atoms with van der Waals surface area (Å²) in [5, 5.41) is 0. The first-order valence-corrected chi connectivity index (χ1v) is 8.59. The van der Waals surface area contributed by atoms with Gasteiger partial charge in [-0.1, -0.05) is 35.8 Å². The molecule has 2 heteroatoms. The Labute approximate surface area is 158 Å². The van der Waals surface area contributed by atoms with Gasteiger partial charge in [0.15, 0.2) is 0 Å². The molecule has 3 rings (SSSR count). The van der Waals surface area contributed by atoms with Crippen LogP contribution in [0, 0.1) is 56.1 Å². The van der Waals surface area contributed by atoms with Crippen molar-refractivity contribution in [3.63, 3.8) is 0 Å². The molecule has 0 aliphatic rings. The van der Waals surface area contributed by atoms with Crippen LogP contribution < -0.4 is 0 Å². The van der Waals surface area contributed by atoms with Gasteiger partial charge in [-0.05, 0) is 79.9 Å². The Bertz CT molecular complexity index is 1130. The molecule has 0 amide bonds. The number of benzene rings is 3. The fourth-order valence-corrected chi connectivity index (χ4v) is 2.55. The van der Waals surface area contributed by atoms with Crippen molar-refractivity contribution in [2.45, 2.75) is 20.8 Å². The van der Waals surface area contributed by atoms with E-state index < -0.39 is 0 Å². The Balaban J connectivity index is 1.84. The highest BCUT2D eigenvalue weighted by molar-refractivity contribution is 5.51. The van der Waals surface area contributed by atoms with E-state index in [0.717, 1.165) is 22.3 Å². The van der Waals surface area contributed by atoms with Gasteiger partial charge in [0.05, 0.1) is 5.56 Å². The zero-order chi connectivity index (χ0) is 19.4. The van der Waals surface area contributed by atoms with Crippen molar-refractivity contribution in [1.82, 2.24) is 0 Å². The molecule has 0 fully saturated rings. The molecule has 132 valence electrons. The third kappa shape index (κ3) is 4.63. The largest absolute Gasteiger partial charge is 0.207 e. The lowest BCUT2D eigenvalue weighted by Crippen LogP contribution is -1.87. The Hall–Kier alpha value is -3.36. The summed E-state index contributed by atoms with van der Waals surface area (Å²) in [6, 6.07) is 15.6. The smallest absolute Gasteiger partial charge is 0.139 e. The van der Waals surface area contributed by atoms with Gasteiger partial charge in [-0.15, -0.1) is 0 Å². The van der Waals surface area contributed by atoms with E-state index in [2.05, 4.69) is 23.7 Å². The first-order valence-electron chi connectivity index (χ1n) is 8.59. The lowest BCUT2D eigenvalue weighted by molar-refractivity contribution is 0.618. The molecule has 0 aliphatic heterocycles. The molecular formula is C25H18F2. The molecule has 0 spiro atoms. The number of hydrogen-bond acceptors (Lipinski definition) is 0. The van der Waals surface area contributed by atoms with Gasteiger partial charge < -0.3 is 0 Å². The SMILES string of the molecule is Cc1ccc(C#Cc2ccc(C#Cc3ccc(C)c(F)c3)cc2C)c(F)c1. The van der Waals surface area contributed by atoms with Crippen LogP contribution in [0.1, 0.15) is 38.9 Å². The molecule has 0 heterocycles. The predicted molar refractivity (Wildman–Crippen MR) is 105 cm³/mol. The van der Waals surface area contributed by atoms with Crippen LogP contribution in [0.15, 0.2) is 54.6 Å². The predicted octanol–water partition coefficient (Wildman–Crippen LogP) is 5.69. The van der Waals surface area contributed by atoms with Gasteiger partial charge in [0, 0.05) is 16.7 Å². The molecule has 0 aliphatic carbocycles. The fourth-order valence-electron chi connectivity index (χ4n) is 2.55. The normalized spacial score (nSPS) is 9.81. The molecule has 0 nitrogen and oxygen atoms in total. The van der Waals surface area contributed by atoms with E-state index in [9.17, 15) is 8.78 Å². The van der Waals surface area contributed by atoms with Crippen molar-refractivity contribution < 1.29 is 8.78 Å². The molecular weight excluding hydrogens is 338 g/mol. The lowest BCUT2D eigenvalue weighted by atomic mass is 10.0. The lowest BCUT2D eigenvalue weighted by Gasteiger charge is -2.00. The minimum Gasteiger partial charge on any atom is -0.207 e. The number of halogens is 2. The summed E-state index contributed by atoms with van der Waals surface area (Å²) in [4.78, 5) is 0. The monoisotopic (exact) mass is 356 g/mol. The van der Waals surface area contributed by atoms with Crippen LogP contribution in [0.3, 0.4) is 0 Å². The summed E-state index contributed by atoms with van der Waals surface area (Å²) in [5.74, 6) is 11.3. The molecule has 0 saturated carbocycles. The van der Waals surface area contributed by atoms with Crippen LogP contribution in [0.2, 0.25) is 0 Å². The van der Waals surface area contributed by atoms with Crippen LogP contribution in [0.4, 0.5) is 8.78 Å². The van der Waals surface area contributed by atoms with Crippen LogP contribution in [-0.2, 0) is 0 Å². The average molecular weight is 356 g/mol. The Morgan fingerprint density at radius 1 is 0.556 bits per heavy atom. The second-order valence-electron chi connectivity index (χ2n) is 6.48. The molecule has 0 radical (unpaired) electrons. The van der Waals surface area contributed by atoms with Gasteiger partial charge in [0.1, 0.15) is 11.6 Å². The number of hydrogen-bond donors (Lipinski definition) is 0. The van der Waals surface area contributed by atoms with Gasteiger partial charge >= 0.3 is 0 Å². The second-order valence-corrected chi connectivity index (χ2v) is 6.48. The highest BCUT2D eigenvalue weighted by Crippen LogP contribution is 2.13. The van der Waals surface area contributed by atoms with E-state index in [0.29, 0.717) is 16.7 Å². The Morgan fingerprint density at radius 2 is 1.19 bits per heavy atom. The van der Waals surface area contributed by atoms with Crippen LogP contribution in [0.5, 0.6) is 0 Å². The van der Waals surface area contributed by atoms with Crippen LogP contribution >= 0.6 is 0 Å². The van der Waals surface area contributed by atoms with Gasteiger partial charge in [-0.3, -0.25) is 0 Å². The summed E-state index contributed by atoms with van der Waals surface area (Å²) in [6.45, 7) is 5.50. The molecule has 3 aromatic rings. The van der Waals surface area contributed by atoms with Gasteiger partial charge in [-0.2, -0.15) is 0 Å². The van der Waals surface area contributed by atoms with Crippen molar-refractivity contribution in [2.24, 2.45) is 0 Å². The molecule has 0 atom stereocenters. The van der Waals surface area contributed by atoms with Gasteiger partial charge in [0.25, 0.3) is 0 Å². The standard InChI is InChI=1S/C25H18F2/c1-17-4-10-23(25(27)14-17)13-12-22-11-9-20(15-19(22)3)7-8-21-6-5-18(2)24(26)16-21/h4-6,9-11,14-16H,1-3H3. The van der Waals surface area contributed by atoms with Crippen molar-refractivity contribution in [1.29, 1.82) is 0 Å². The highest BCUT2D eigenvalue weighted by Gasteiger charge is 2.00. The third-order valence-electron chi connectivity index (χ3n) is 4.21. The Kier molecular flexibility index (Phi) is 5.39. The van der Waals surface area contributed by atoms with Crippen LogP contribution in [0.25, 0.3) is 0 Å². The zero-order valence-corrected chi connectivity index (χ0v) is 15.5. The van der Waals surface area contributed by atoms with Crippen molar-refractivity contribution in [2.75, 3.05) is 0 Å². The van der Waals surface area contributed by atoms with Crippen molar-refractivity contribution in [3.05, 3.63) is 105 Å². The first kappa shape index (κ1) is 18.4. The summed E-state index contributed by atoms with van der Waals surface area (Å²) < 4.78 is 27.5. The van der Waals surface area contributed by atoms with E-state index in [1.165, 1.54) is 12.1 Å². The van der Waals surface area contributed by atoms with Gasteiger partial charge in [-0.25, -0.2) is 8.78 Å². The van der Waals surface area contributed by atoms with E-state index in [-0.39, 0.29) is 11.6 Å². The summed E-state index contributed by atoms with van der Waals surface area (Å²) in [6.07, 6.45) is 0. The molecule has 0 bridgehead atoms. The number of rotatable bonds is 0. The molecule has 3 aromatic carbocycles. The molecule has 27 heavy (non-hydrogen) atoms. The minimum atomic E-state index is -0.312. The van der Waals surface area contributed by atoms with Gasteiger partial charge in [0.2, 0.25) is 0 Å². The summed E-state index contributed by atoms with van der Waals surface area (Å²) in [5.41, 5.74) is 5.08. The topological polar surface area (TPSA) is 0 Å². The number of aryl methyl sites for hydroxylation is 3. The van der Waals surface area contributed by atoms with E-state index >= 15 is 0 Å². The molecule has 0 N–H and O–H groups in total. The summed E-state index contributed by atoms with van der Waals surface area (Å²) in [7, 11) is 0. The van der Waals surface area contributed by atoms with E-state index in [1.807, 2.05) is 38.1 Å².